The highest BCUT2D eigenvalue weighted by Gasteiger charge is 1.99. The van der Waals surface area contributed by atoms with Crippen molar-refractivity contribution in [2.75, 3.05) is 20.5 Å². The van der Waals surface area contributed by atoms with Crippen molar-refractivity contribution < 1.29 is 19.4 Å². The van der Waals surface area contributed by atoms with Crippen LogP contribution in [-0.4, -0.2) is 31.6 Å². The normalized spacial score (nSPS) is 10.9. The summed E-state index contributed by atoms with van der Waals surface area (Å²) in [4.78, 5) is 10.9. The minimum Gasteiger partial charge on any atom is -0.469 e. The molecule has 0 aliphatic rings. The van der Waals surface area contributed by atoms with Gasteiger partial charge in [0.05, 0.1) is 7.11 Å². The average Bonchev–Trinajstić information content (AvgIpc) is 2.60. The summed E-state index contributed by atoms with van der Waals surface area (Å²) in [6.45, 7) is 0.553. The van der Waals surface area contributed by atoms with Crippen molar-refractivity contribution in [3.05, 3.63) is 0 Å². The van der Waals surface area contributed by atoms with E-state index in [2.05, 4.69) is 4.74 Å². The molecule has 0 atom stereocenters. The van der Waals surface area contributed by atoms with Gasteiger partial charge in [-0.05, 0) is 12.8 Å². The van der Waals surface area contributed by atoms with E-state index in [1.807, 2.05) is 0 Å². The summed E-state index contributed by atoms with van der Waals surface area (Å²) in [5.41, 5.74) is 0. The fourth-order valence-corrected chi connectivity index (χ4v) is 2.94. The van der Waals surface area contributed by atoms with Crippen molar-refractivity contribution in [1.29, 1.82) is 0 Å². The second-order valence-electron chi connectivity index (χ2n) is 6.67. The van der Waals surface area contributed by atoms with Gasteiger partial charge in [-0.3, -0.25) is 4.79 Å². The minimum atomic E-state index is -0.143. The van der Waals surface area contributed by atoms with Crippen molar-refractivity contribution in [3.63, 3.8) is 0 Å². The van der Waals surface area contributed by atoms with Crippen molar-refractivity contribution >= 4 is 5.97 Å². The lowest BCUT2D eigenvalue weighted by Crippen LogP contribution is -1.99. The van der Waals surface area contributed by atoms with Crippen LogP contribution in [0.4, 0.5) is 0 Å². The Labute approximate surface area is 149 Å². The molecular formula is C20H40O4. The van der Waals surface area contributed by atoms with Crippen LogP contribution in [0.25, 0.3) is 0 Å². The zero-order chi connectivity index (χ0) is 17.7. The number of hydrogen-bond acceptors (Lipinski definition) is 4. The molecule has 0 aromatic heterocycles. The highest BCUT2D eigenvalue weighted by Crippen LogP contribution is 2.13. The highest BCUT2D eigenvalue weighted by atomic mass is 16.6. The first kappa shape index (κ1) is 23.4. The van der Waals surface area contributed by atoms with Crippen LogP contribution in [0.3, 0.4) is 0 Å². The van der Waals surface area contributed by atoms with Gasteiger partial charge in [-0.15, -0.1) is 0 Å². The first-order valence-electron chi connectivity index (χ1n) is 10.1. The molecule has 4 heteroatoms. The summed E-state index contributed by atoms with van der Waals surface area (Å²) in [6.07, 6.45) is 19.8. The van der Waals surface area contributed by atoms with Crippen LogP contribution in [0.5, 0.6) is 0 Å². The third-order valence-electron chi connectivity index (χ3n) is 4.49. The number of methoxy groups -OCH3 is 1. The molecule has 0 aromatic carbocycles. The molecule has 0 bridgehead atoms. The van der Waals surface area contributed by atoms with Crippen molar-refractivity contribution in [2.24, 2.45) is 0 Å². The zero-order valence-corrected chi connectivity index (χ0v) is 15.9. The number of ether oxygens (including phenoxy) is 2. The van der Waals surface area contributed by atoms with Gasteiger partial charge in [-0.25, -0.2) is 0 Å². The summed E-state index contributed by atoms with van der Waals surface area (Å²) < 4.78 is 9.53. The van der Waals surface area contributed by atoms with E-state index in [0.29, 0.717) is 13.0 Å². The van der Waals surface area contributed by atoms with Crippen LogP contribution in [0.1, 0.15) is 103 Å². The monoisotopic (exact) mass is 344 g/mol. The van der Waals surface area contributed by atoms with Gasteiger partial charge in [0, 0.05) is 13.0 Å². The molecule has 0 aliphatic heterocycles. The molecule has 1 N–H and O–H groups in total. The molecular weight excluding hydrogens is 304 g/mol. The Hall–Kier alpha value is -0.610. The summed E-state index contributed by atoms with van der Waals surface area (Å²) in [6, 6.07) is 0. The summed E-state index contributed by atoms with van der Waals surface area (Å²) in [5, 5.41) is 8.48. The molecule has 0 aliphatic carbocycles. The van der Waals surface area contributed by atoms with Crippen molar-refractivity contribution in [3.8, 4) is 0 Å². The number of carbonyl (C=O) groups is 1. The Morgan fingerprint density at radius 3 is 1.42 bits per heavy atom. The smallest absolute Gasteiger partial charge is 0.305 e. The fraction of sp³-hybridized carbons (Fsp3) is 0.950. The fourth-order valence-electron chi connectivity index (χ4n) is 2.94. The lowest BCUT2D eigenvalue weighted by molar-refractivity contribution is -0.140. The van der Waals surface area contributed by atoms with Gasteiger partial charge >= 0.3 is 5.97 Å². The predicted octanol–water partition coefficient (Wildman–Crippen LogP) is 5.37. The number of unbranched alkanes of at least 4 members (excludes halogenated alkanes) is 14. The second-order valence-corrected chi connectivity index (χ2v) is 6.67. The molecule has 4 nitrogen and oxygen atoms in total. The van der Waals surface area contributed by atoms with E-state index < -0.39 is 0 Å². The Bertz CT molecular complexity index is 256. The van der Waals surface area contributed by atoms with Crippen LogP contribution in [0, 0.1) is 0 Å². The number of aliphatic hydroxyl groups is 1. The van der Waals surface area contributed by atoms with Gasteiger partial charge in [0.25, 0.3) is 0 Å². The minimum absolute atomic E-state index is 0.0780. The molecule has 0 amide bonds. The number of rotatable bonds is 19. The molecule has 144 valence electrons. The third kappa shape index (κ3) is 19.4. The van der Waals surface area contributed by atoms with Crippen LogP contribution in [0.15, 0.2) is 0 Å². The van der Waals surface area contributed by atoms with Crippen molar-refractivity contribution in [2.45, 2.75) is 103 Å². The highest BCUT2D eigenvalue weighted by molar-refractivity contribution is 5.68. The standard InChI is InChI=1S/C20H40O4/c1-23-20(22)17-15-13-11-9-7-5-3-2-4-6-8-10-12-14-16-18-24-19-21/h21H,2-19H2,1H3. The average molecular weight is 345 g/mol. The Morgan fingerprint density at radius 1 is 0.667 bits per heavy atom. The molecule has 0 spiro atoms. The number of aliphatic hydroxyl groups excluding tert-OH is 1. The van der Waals surface area contributed by atoms with Gasteiger partial charge in [0.1, 0.15) is 6.79 Å². The van der Waals surface area contributed by atoms with E-state index in [1.54, 1.807) is 0 Å². The van der Waals surface area contributed by atoms with Crippen LogP contribution in [-0.2, 0) is 14.3 Å². The SMILES string of the molecule is COC(=O)CCCCCCCCCCCCCCCCCOCO. The lowest BCUT2D eigenvalue weighted by Gasteiger charge is -2.04. The maximum Gasteiger partial charge on any atom is 0.305 e. The number of carbonyl (C=O) groups excluding carboxylic acids is 1. The molecule has 0 aromatic rings. The first-order chi connectivity index (χ1) is 11.8. The summed E-state index contributed by atoms with van der Waals surface area (Å²) in [5.74, 6) is -0.0780. The quantitative estimate of drug-likeness (QED) is 0.194. The van der Waals surface area contributed by atoms with E-state index in [9.17, 15) is 4.79 Å². The van der Waals surface area contributed by atoms with E-state index in [-0.39, 0.29) is 12.8 Å². The summed E-state index contributed by atoms with van der Waals surface area (Å²) in [7, 11) is 1.46. The maximum absolute atomic E-state index is 10.9. The molecule has 24 heavy (non-hydrogen) atoms. The van der Waals surface area contributed by atoms with Crippen molar-refractivity contribution in [1.82, 2.24) is 0 Å². The van der Waals surface area contributed by atoms with Gasteiger partial charge in [-0.2, -0.15) is 0 Å². The van der Waals surface area contributed by atoms with E-state index in [4.69, 9.17) is 9.84 Å². The first-order valence-corrected chi connectivity index (χ1v) is 10.1. The lowest BCUT2D eigenvalue weighted by atomic mass is 10.0. The van der Waals surface area contributed by atoms with E-state index in [0.717, 1.165) is 19.3 Å². The van der Waals surface area contributed by atoms with Crippen LogP contribution >= 0.6 is 0 Å². The van der Waals surface area contributed by atoms with Gasteiger partial charge in [0.15, 0.2) is 0 Å². The Morgan fingerprint density at radius 2 is 1.04 bits per heavy atom. The molecule has 0 saturated heterocycles. The number of hydrogen-bond donors (Lipinski definition) is 1. The van der Waals surface area contributed by atoms with Gasteiger partial charge in [0.2, 0.25) is 0 Å². The summed E-state index contributed by atoms with van der Waals surface area (Å²) >= 11 is 0. The molecule has 0 fully saturated rings. The van der Waals surface area contributed by atoms with Crippen LogP contribution < -0.4 is 0 Å². The topological polar surface area (TPSA) is 55.8 Å². The third-order valence-corrected chi connectivity index (χ3v) is 4.49. The Kier molecular flexibility index (Phi) is 19.9. The molecule has 0 heterocycles. The van der Waals surface area contributed by atoms with Gasteiger partial charge < -0.3 is 14.6 Å². The molecule has 0 saturated carbocycles. The largest absolute Gasteiger partial charge is 0.469 e. The number of esters is 1. The molecule has 0 radical (unpaired) electrons. The zero-order valence-electron chi connectivity index (χ0n) is 15.9. The van der Waals surface area contributed by atoms with Gasteiger partial charge in [-0.1, -0.05) is 83.5 Å². The second kappa shape index (κ2) is 20.4. The Balaban J connectivity index is 2.99. The predicted molar refractivity (Wildman–Crippen MR) is 98.9 cm³/mol. The molecule has 0 rings (SSSR count). The molecule has 0 unspecified atom stereocenters. The maximum atomic E-state index is 10.9. The van der Waals surface area contributed by atoms with E-state index in [1.165, 1.54) is 84.2 Å². The van der Waals surface area contributed by atoms with E-state index >= 15 is 0 Å². The van der Waals surface area contributed by atoms with Crippen LogP contribution in [0.2, 0.25) is 0 Å².